The van der Waals surface area contributed by atoms with Crippen LogP contribution in [-0.2, 0) is 14.3 Å². The van der Waals surface area contributed by atoms with Crippen LogP contribution in [0, 0.1) is 11.3 Å². The van der Waals surface area contributed by atoms with Crippen molar-refractivity contribution in [2.24, 2.45) is 11.7 Å². The summed E-state index contributed by atoms with van der Waals surface area (Å²) in [6.45, 7) is 3.51. The highest BCUT2D eigenvalue weighted by molar-refractivity contribution is 7.99. The number of carbonyl (C=O) groups is 1. The minimum absolute atomic E-state index is 0.0246. The summed E-state index contributed by atoms with van der Waals surface area (Å²) >= 11 is 7.53. The van der Waals surface area contributed by atoms with Crippen molar-refractivity contribution in [1.29, 1.82) is 5.41 Å². The zero-order chi connectivity index (χ0) is 22.9. The average molecular weight is 482 g/mol. The van der Waals surface area contributed by atoms with Crippen LogP contribution in [0.25, 0.3) is 0 Å². The molecule has 3 rings (SSSR count). The van der Waals surface area contributed by atoms with Crippen LogP contribution in [0.2, 0.25) is 0 Å². The number of alkyl halides is 1. The number of hydrogen-bond donors (Lipinski definition) is 7. The van der Waals surface area contributed by atoms with Gasteiger partial charge in [-0.25, -0.2) is 0 Å². The third-order valence-electron chi connectivity index (χ3n) is 6.14. The van der Waals surface area contributed by atoms with Gasteiger partial charge in [0.1, 0.15) is 35.9 Å². The van der Waals surface area contributed by atoms with Gasteiger partial charge in [0, 0.05) is 25.6 Å². The first kappa shape index (κ1) is 24.8. The molecular formula is C18H32ClN5O6S. The Hall–Kier alpha value is -0.860. The van der Waals surface area contributed by atoms with E-state index < -0.39 is 53.4 Å². The summed E-state index contributed by atoms with van der Waals surface area (Å²) in [6, 6.07) is -1.47. The van der Waals surface area contributed by atoms with Crippen LogP contribution in [0.5, 0.6) is 0 Å². The van der Waals surface area contributed by atoms with Gasteiger partial charge >= 0.3 is 0 Å². The summed E-state index contributed by atoms with van der Waals surface area (Å²) in [5.74, 6) is -0.414. The number of aliphatic hydroxyl groups excluding tert-OH is 3. The number of fused-ring (bicyclic) bond motifs is 1. The molecule has 0 spiro atoms. The monoisotopic (exact) mass is 481 g/mol. The van der Waals surface area contributed by atoms with E-state index in [0.29, 0.717) is 26.2 Å². The molecule has 8 N–H and O–H groups in total. The minimum atomic E-state index is -1.43. The standard InChI is InChI=1S/C18H32ClN5O6S/c1-7(19)9(15-12(26)11(25)13(27)17(30-15)31-2)23-16(28)10-14-8(5-22-10)6-24(18(20)21)3-4-29-14/h7-15,17,22,25-27H,3-6H2,1-2H3,(H3,20,21)(H,23,28)/t7-,8+,9+,10-,11?,12?,13?,14+,15?,17?/m0/s1. The second-order valence-corrected chi connectivity index (χ2v) is 9.83. The van der Waals surface area contributed by atoms with Crippen LogP contribution >= 0.6 is 23.4 Å². The van der Waals surface area contributed by atoms with Crippen molar-refractivity contribution in [1.82, 2.24) is 15.5 Å². The van der Waals surface area contributed by atoms with E-state index in [0.717, 1.165) is 0 Å². The van der Waals surface area contributed by atoms with Gasteiger partial charge in [-0.2, -0.15) is 0 Å². The first-order chi connectivity index (χ1) is 14.6. The lowest BCUT2D eigenvalue weighted by Crippen LogP contribution is -2.65. The molecular weight excluding hydrogens is 450 g/mol. The topological polar surface area (TPSA) is 173 Å². The highest BCUT2D eigenvalue weighted by Gasteiger charge is 2.49. The molecule has 0 aliphatic carbocycles. The van der Waals surface area contributed by atoms with E-state index in [1.165, 1.54) is 11.8 Å². The summed E-state index contributed by atoms with van der Waals surface area (Å²) in [7, 11) is 0. The number of rotatable bonds is 5. The van der Waals surface area contributed by atoms with Gasteiger partial charge in [-0.3, -0.25) is 10.2 Å². The van der Waals surface area contributed by atoms with Gasteiger partial charge in [0.15, 0.2) is 5.96 Å². The predicted octanol–water partition coefficient (Wildman–Crippen LogP) is -2.55. The summed E-state index contributed by atoms with van der Waals surface area (Å²) in [5, 5.41) is 43.9. The Balaban J connectivity index is 1.70. The number of hydrogen-bond acceptors (Lipinski definition) is 9. The fourth-order valence-corrected chi connectivity index (χ4v) is 5.28. The average Bonchev–Trinajstić information content (AvgIpc) is 3.00. The number of thioether (sulfide) groups is 1. The molecule has 13 heteroatoms. The molecule has 3 fully saturated rings. The minimum Gasteiger partial charge on any atom is -0.388 e. The van der Waals surface area contributed by atoms with Gasteiger partial charge in [0.2, 0.25) is 5.91 Å². The molecule has 0 aromatic rings. The molecule has 0 saturated carbocycles. The van der Waals surface area contributed by atoms with Gasteiger partial charge in [-0.05, 0) is 13.2 Å². The first-order valence-electron chi connectivity index (χ1n) is 10.3. The molecule has 5 unspecified atom stereocenters. The van der Waals surface area contributed by atoms with Crippen molar-refractivity contribution in [3.8, 4) is 0 Å². The SMILES string of the molecule is CSC1OC([C@H](NC(=O)[C@H]2NC[C@@H]3CN(C(=N)N)CCO[C@H]32)[C@H](C)Cl)C(O)C(O)C1O. The second kappa shape index (κ2) is 10.4. The predicted molar refractivity (Wildman–Crippen MR) is 116 cm³/mol. The lowest BCUT2D eigenvalue weighted by molar-refractivity contribution is -0.205. The molecule has 3 aliphatic heterocycles. The zero-order valence-corrected chi connectivity index (χ0v) is 19.1. The lowest BCUT2D eigenvalue weighted by Gasteiger charge is -2.44. The highest BCUT2D eigenvalue weighted by Crippen LogP contribution is 2.30. The van der Waals surface area contributed by atoms with Gasteiger partial charge in [-0.1, -0.05) is 0 Å². The molecule has 0 aromatic carbocycles. The lowest BCUT2D eigenvalue weighted by atomic mass is 9.92. The molecule has 1 amide bonds. The number of carbonyl (C=O) groups excluding carboxylic acids is 1. The van der Waals surface area contributed by atoms with Crippen molar-refractivity contribution in [3.63, 3.8) is 0 Å². The van der Waals surface area contributed by atoms with E-state index in [4.69, 9.17) is 32.2 Å². The highest BCUT2D eigenvalue weighted by atomic mass is 35.5. The van der Waals surface area contributed by atoms with E-state index in [1.807, 2.05) is 0 Å². The molecule has 10 atom stereocenters. The summed E-state index contributed by atoms with van der Waals surface area (Å²) < 4.78 is 11.7. The molecule has 3 aliphatic rings. The van der Waals surface area contributed by atoms with Crippen LogP contribution in [0.15, 0.2) is 0 Å². The molecule has 0 radical (unpaired) electrons. The quantitative estimate of drug-likeness (QED) is 0.126. The number of nitrogens with one attached hydrogen (secondary N) is 3. The number of nitrogens with two attached hydrogens (primary N) is 1. The normalized spacial score (nSPS) is 40.5. The van der Waals surface area contributed by atoms with Crippen LogP contribution in [0.1, 0.15) is 6.92 Å². The van der Waals surface area contributed by atoms with Crippen molar-refractivity contribution in [2.45, 2.75) is 60.3 Å². The Morgan fingerprint density at radius 2 is 2.06 bits per heavy atom. The maximum absolute atomic E-state index is 13.1. The van der Waals surface area contributed by atoms with Gasteiger partial charge < -0.3 is 46.1 Å². The largest absolute Gasteiger partial charge is 0.388 e. The molecule has 3 saturated heterocycles. The van der Waals surface area contributed by atoms with Gasteiger partial charge in [0.05, 0.1) is 24.1 Å². The Bertz CT molecular complexity index is 661. The van der Waals surface area contributed by atoms with Crippen molar-refractivity contribution in [2.75, 3.05) is 32.5 Å². The first-order valence-corrected chi connectivity index (χ1v) is 12.0. The Kier molecular flexibility index (Phi) is 8.30. The maximum atomic E-state index is 13.1. The Morgan fingerprint density at radius 1 is 1.35 bits per heavy atom. The fraction of sp³-hybridized carbons (Fsp3) is 0.889. The summed E-state index contributed by atoms with van der Waals surface area (Å²) in [6.07, 6.45) is -3.81. The van der Waals surface area contributed by atoms with Crippen LogP contribution in [0.3, 0.4) is 0 Å². The summed E-state index contributed by atoms with van der Waals surface area (Å²) in [5.41, 5.74) is 4.85. The van der Waals surface area contributed by atoms with Crippen molar-refractivity contribution < 1.29 is 29.6 Å². The number of ether oxygens (including phenoxy) is 2. The van der Waals surface area contributed by atoms with E-state index in [-0.39, 0.29) is 17.8 Å². The van der Waals surface area contributed by atoms with E-state index in [2.05, 4.69) is 10.6 Å². The summed E-state index contributed by atoms with van der Waals surface area (Å²) in [4.78, 5) is 14.9. The van der Waals surface area contributed by atoms with E-state index in [1.54, 1.807) is 18.1 Å². The second-order valence-electron chi connectivity index (χ2n) is 8.20. The number of halogens is 1. The number of amides is 1. The van der Waals surface area contributed by atoms with Crippen LogP contribution in [-0.4, -0.2) is 118 Å². The third kappa shape index (κ3) is 5.22. The van der Waals surface area contributed by atoms with Crippen molar-refractivity contribution >= 4 is 35.2 Å². The van der Waals surface area contributed by atoms with Gasteiger partial charge in [0.25, 0.3) is 0 Å². The zero-order valence-electron chi connectivity index (χ0n) is 17.5. The third-order valence-corrected chi connectivity index (χ3v) is 7.27. The Labute approximate surface area is 190 Å². The van der Waals surface area contributed by atoms with E-state index in [9.17, 15) is 20.1 Å². The van der Waals surface area contributed by atoms with Crippen molar-refractivity contribution in [3.05, 3.63) is 0 Å². The number of guanidine groups is 1. The number of nitrogens with zero attached hydrogens (tertiary/aromatic N) is 1. The Morgan fingerprint density at radius 3 is 2.68 bits per heavy atom. The molecule has 31 heavy (non-hydrogen) atoms. The molecule has 3 heterocycles. The maximum Gasteiger partial charge on any atom is 0.240 e. The fourth-order valence-electron chi connectivity index (χ4n) is 4.40. The van der Waals surface area contributed by atoms with Crippen LogP contribution < -0.4 is 16.4 Å². The molecule has 0 aromatic heterocycles. The van der Waals surface area contributed by atoms with Gasteiger partial charge in [-0.15, -0.1) is 23.4 Å². The molecule has 178 valence electrons. The number of aliphatic hydroxyl groups is 3. The smallest absolute Gasteiger partial charge is 0.240 e. The molecule has 11 nitrogen and oxygen atoms in total. The van der Waals surface area contributed by atoms with Crippen LogP contribution in [0.4, 0.5) is 0 Å². The van der Waals surface area contributed by atoms with E-state index >= 15 is 0 Å². The molecule has 0 bridgehead atoms.